The summed E-state index contributed by atoms with van der Waals surface area (Å²) in [6.45, 7) is 3.08. The minimum atomic E-state index is -0.938. The highest BCUT2D eigenvalue weighted by molar-refractivity contribution is 8.22. The van der Waals surface area contributed by atoms with Gasteiger partial charge in [0.2, 0.25) is 0 Å². The number of benzene rings is 1. The number of nitrogens with zero attached hydrogens (tertiary/aromatic N) is 3. The first-order valence-corrected chi connectivity index (χ1v) is 8.56. The second-order valence-electron chi connectivity index (χ2n) is 5.17. The van der Waals surface area contributed by atoms with Crippen LogP contribution < -0.4 is 0 Å². The largest absolute Gasteiger partial charge is 0.395 e. The van der Waals surface area contributed by atoms with E-state index in [4.69, 9.17) is 12.2 Å². The third-order valence-corrected chi connectivity index (χ3v) is 5.39. The lowest BCUT2D eigenvalue weighted by molar-refractivity contribution is -0.384. The number of hydrogen-bond donors (Lipinski definition) is 2. The van der Waals surface area contributed by atoms with Gasteiger partial charge in [-0.15, -0.1) is 0 Å². The minimum absolute atomic E-state index is 0.0301. The van der Waals surface area contributed by atoms with Gasteiger partial charge in [0, 0.05) is 18.7 Å². The smallest absolute Gasteiger partial charge is 0.269 e. The van der Waals surface area contributed by atoms with E-state index >= 15 is 0 Å². The maximum atomic E-state index is 10.7. The molecule has 1 heterocycles. The normalized spacial score (nSPS) is 18.7. The molecule has 0 aliphatic carbocycles. The highest BCUT2D eigenvalue weighted by atomic mass is 32.2. The zero-order chi connectivity index (χ0) is 17.0. The third kappa shape index (κ3) is 4.18. The van der Waals surface area contributed by atoms with Gasteiger partial charge in [-0.05, 0) is 24.6 Å². The highest BCUT2D eigenvalue weighted by Gasteiger charge is 2.31. The van der Waals surface area contributed by atoms with Gasteiger partial charge in [0.05, 0.1) is 36.2 Å². The summed E-state index contributed by atoms with van der Waals surface area (Å²) in [5.41, 5.74) is 0.508. The van der Waals surface area contributed by atoms with E-state index in [0.29, 0.717) is 18.1 Å². The SMILES string of the molecule is CCN1CN([C@@H](CO)[C@@H](O)c2ccc([N+](=O)[O-])cc2)CSC1=S. The number of nitro benzene ring substituents is 1. The van der Waals surface area contributed by atoms with Gasteiger partial charge in [0.25, 0.3) is 5.69 Å². The molecular weight excluding hydrogens is 338 g/mol. The molecular formula is C14H19N3O4S2. The van der Waals surface area contributed by atoms with E-state index < -0.39 is 17.1 Å². The first-order valence-electron chi connectivity index (χ1n) is 7.17. The molecule has 126 valence electrons. The van der Waals surface area contributed by atoms with E-state index in [0.717, 1.165) is 10.9 Å². The Kier molecular flexibility index (Phi) is 6.31. The van der Waals surface area contributed by atoms with Crippen LogP contribution in [0.5, 0.6) is 0 Å². The number of hydrogen-bond acceptors (Lipinski definition) is 7. The second kappa shape index (κ2) is 8.02. The number of thioether (sulfide) groups is 1. The average molecular weight is 357 g/mol. The van der Waals surface area contributed by atoms with Crippen molar-refractivity contribution in [2.45, 2.75) is 19.1 Å². The molecule has 0 spiro atoms. The molecule has 0 unspecified atom stereocenters. The quantitative estimate of drug-likeness (QED) is 0.450. The summed E-state index contributed by atoms with van der Waals surface area (Å²) < 4.78 is 0.810. The first kappa shape index (κ1) is 18.1. The van der Waals surface area contributed by atoms with Crippen molar-refractivity contribution in [1.29, 1.82) is 0 Å². The van der Waals surface area contributed by atoms with Crippen LogP contribution in [0.1, 0.15) is 18.6 Å². The van der Waals surface area contributed by atoms with E-state index in [2.05, 4.69) is 0 Å². The molecule has 23 heavy (non-hydrogen) atoms. The lowest BCUT2D eigenvalue weighted by atomic mass is 10.0. The predicted octanol–water partition coefficient (Wildman–Crippen LogP) is 1.56. The van der Waals surface area contributed by atoms with Gasteiger partial charge in [0.1, 0.15) is 4.32 Å². The fraction of sp³-hybridized carbons (Fsp3) is 0.500. The van der Waals surface area contributed by atoms with Crippen molar-refractivity contribution >= 4 is 34.0 Å². The van der Waals surface area contributed by atoms with Crippen LogP contribution >= 0.6 is 24.0 Å². The lowest BCUT2D eigenvalue weighted by Crippen LogP contribution is -2.52. The Morgan fingerprint density at radius 2 is 2.09 bits per heavy atom. The molecule has 2 N–H and O–H groups in total. The van der Waals surface area contributed by atoms with Gasteiger partial charge in [-0.3, -0.25) is 15.0 Å². The Morgan fingerprint density at radius 3 is 2.61 bits per heavy atom. The second-order valence-corrected chi connectivity index (χ2v) is 6.75. The Balaban J connectivity index is 2.13. The van der Waals surface area contributed by atoms with Crippen LogP contribution in [-0.2, 0) is 0 Å². The highest BCUT2D eigenvalue weighted by Crippen LogP contribution is 2.27. The van der Waals surface area contributed by atoms with Crippen molar-refractivity contribution in [3.63, 3.8) is 0 Å². The van der Waals surface area contributed by atoms with Gasteiger partial charge in [-0.25, -0.2) is 0 Å². The Morgan fingerprint density at radius 1 is 1.43 bits per heavy atom. The number of non-ortho nitro benzene ring substituents is 1. The van der Waals surface area contributed by atoms with Crippen molar-refractivity contribution < 1.29 is 15.1 Å². The maximum Gasteiger partial charge on any atom is 0.269 e. The number of aliphatic hydroxyl groups excluding tert-OH is 2. The molecule has 1 aromatic carbocycles. The van der Waals surface area contributed by atoms with Crippen molar-refractivity contribution in [1.82, 2.24) is 9.80 Å². The van der Waals surface area contributed by atoms with Crippen LogP contribution in [0.25, 0.3) is 0 Å². The summed E-state index contributed by atoms with van der Waals surface area (Å²) >= 11 is 6.77. The fourth-order valence-corrected chi connectivity index (χ4v) is 3.67. The van der Waals surface area contributed by atoms with E-state index in [1.54, 1.807) is 0 Å². The van der Waals surface area contributed by atoms with Crippen LogP contribution in [0.4, 0.5) is 5.69 Å². The number of aliphatic hydroxyl groups is 2. The van der Waals surface area contributed by atoms with Crippen molar-refractivity contribution in [3.8, 4) is 0 Å². The molecule has 1 aliphatic rings. The third-order valence-electron chi connectivity index (χ3n) is 3.81. The average Bonchev–Trinajstić information content (AvgIpc) is 2.56. The van der Waals surface area contributed by atoms with Crippen LogP contribution in [-0.4, -0.2) is 61.0 Å². The molecule has 1 aromatic rings. The van der Waals surface area contributed by atoms with Crippen LogP contribution in [0.2, 0.25) is 0 Å². The molecule has 9 heteroatoms. The molecule has 0 saturated carbocycles. The number of nitro groups is 1. The van der Waals surface area contributed by atoms with E-state index in [-0.39, 0.29) is 12.3 Å². The standard InChI is InChI=1S/C14H19N3O4S2/c1-2-15-8-16(9-23-14(15)22)12(7-18)13(19)10-3-5-11(6-4-10)17(20)21/h3-6,12-13,18-19H,2,7-9H2,1H3/t12-,13-/m0/s1. The summed E-state index contributed by atoms with van der Waals surface area (Å²) in [5.74, 6) is 0.588. The maximum absolute atomic E-state index is 10.7. The molecule has 0 bridgehead atoms. The monoisotopic (exact) mass is 357 g/mol. The van der Waals surface area contributed by atoms with E-state index in [1.807, 2.05) is 16.7 Å². The van der Waals surface area contributed by atoms with Crippen LogP contribution in [0.3, 0.4) is 0 Å². The topological polar surface area (TPSA) is 90.1 Å². The molecule has 2 atom stereocenters. The zero-order valence-electron chi connectivity index (χ0n) is 12.7. The number of rotatable bonds is 6. The summed E-state index contributed by atoms with van der Waals surface area (Å²) in [6.07, 6.45) is -0.938. The predicted molar refractivity (Wildman–Crippen MR) is 93.1 cm³/mol. The van der Waals surface area contributed by atoms with Crippen molar-refractivity contribution in [2.24, 2.45) is 0 Å². The molecule has 0 aromatic heterocycles. The molecule has 1 aliphatic heterocycles. The summed E-state index contributed by atoms with van der Waals surface area (Å²) in [5, 5.41) is 31.0. The van der Waals surface area contributed by atoms with Crippen molar-refractivity contribution in [3.05, 3.63) is 39.9 Å². The first-order chi connectivity index (χ1) is 11.0. The Bertz CT molecular complexity index is 570. The Labute approximate surface area is 144 Å². The zero-order valence-corrected chi connectivity index (χ0v) is 14.3. The summed E-state index contributed by atoms with van der Waals surface area (Å²) in [4.78, 5) is 14.2. The minimum Gasteiger partial charge on any atom is -0.395 e. The Hall–Kier alpha value is -1.26. The van der Waals surface area contributed by atoms with Gasteiger partial charge >= 0.3 is 0 Å². The van der Waals surface area contributed by atoms with Crippen LogP contribution in [0.15, 0.2) is 24.3 Å². The molecule has 0 radical (unpaired) electrons. The molecule has 0 amide bonds. The van der Waals surface area contributed by atoms with Crippen LogP contribution in [0, 0.1) is 10.1 Å². The summed E-state index contributed by atoms with van der Waals surface area (Å²) in [7, 11) is 0. The molecule has 1 fully saturated rings. The van der Waals surface area contributed by atoms with Crippen molar-refractivity contribution in [2.75, 3.05) is 25.7 Å². The van der Waals surface area contributed by atoms with Gasteiger partial charge in [-0.2, -0.15) is 0 Å². The fourth-order valence-electron chi connectivity index (χ4n) is 2.41. The molecule has 1 saturated heterocycles. The van der Waals surface area contributed by atoms with Gasteiger partial charge in [-0.1, -0.05) is 24.0 Å². The number of thiocarbonyl (C=S) groups is 1. The lowest BCUT2D eigenvalue weighted by Gasteiger charge is -2.41. The van der Waals surface area contributed by atoms with E-state index in [9.17, 15) is 20.3 Å². The molecule has 2 rings (SSSR count). The van der Waals surface area contributed by atoms with Gasteiger partial charge in [0.15, 0.2) is 0 Å². The van der Waals surface area contributed by atoms with E-state index in [1.165, 1.54) is 36.0 Å². The summed E-state index contributed by atoms with van der Waals surface area (Å²) in [6, 6.07) is 5.24. The van der Waals surface area contributed by atoms with Gasteiger partial charge < -0.3 is 15.1 Å². The molecule has 7 nitrogen and oxygen atoms in total.